The third-order valence-corrected chi connectivity index (χ3v) is 5.57. The van der Waals surface area contributed by atoms with E-state index in [9.17, 15) is 5.11 Å². The monoisotopic (exact) mass is 392 g/mol. The summed E-state index contributed by atoms with van der Waals surface area (Å²) in [4.78, 5) is 0. The molecule has 4 heterocycles. The second-order valence-corrected chi connectivity index (χ2v) is 9.25. The van der Waals surface area contributed by atoms with Crippen molar-refractivity contribution in [2.75, 3.05) is 0 Å². The lowest BCUT2D eigenvalue weighted by Crippen LogP contribution is -2.58. The van der Waals surface area contributed by atoms with Crippen molar-refractivity contribution < 1.29 is 5.11 Å². The lowest BCUT2D eigenvalue weighted by molar-refractivity contribution is 0.127. The molecule has 1 saturated heterocycles. The number of nitrogens with zero attached hydrogens (tertiary/aromatic N) is 6. The second kappa shape index (κ2) is 5.96. The van der Waals surface area contributed by atoms with Crippen LogP contribution in [0.25, 0.3) is 33.3 Å². The summed E-state index contributed by atoms with van der Waals surface area (Å²) in [5.41, 5.74) is 3.21. The van der Waals surface area contributed by atoms with Gasteiger partial charge in [0, 0.05) is 28.1 Å². The Morgan fingerprint density at radius 1 is 1.03 bits per heavy atom. The second-order valence-electron chi connectivity index (χ2n) is 9.25. The van der Waals surface area contributed by atoms with Crippen LogP contribution in [-0.4, -0.2) is 51.6 Å². The van der Waals surface area contributed by atoms with Crippen LogP contribution >= 0.6 is 0 Å². The van der Waals surface area contributed by atoms with Crippen LogP contribution in [0.2, 0.25) is 0 Å². The van der Waals surface area contributed by atoms with Gasteiger partial charge in [0.25, 0.3) is 0 Å². The van der Waals surface area contributed by atoms with Crippen molar-refractivity contribution >= 4 is 22.1 Å². The molecule has 3 aromatic heterocycles. The minimum Gasteiger partial charge on any atom is -0.507 e. The van der Waals surface area contributed by atoms with Gasteiger partial charge in [0.1, 0.15) is 11.3 Å². The molecule has 0 aliphatic carbocycles. The summed E-state index contributed by atoms with van der Waals surface area (Å²) in [5.74, 6) is 0.115. The molecule has 9 heteroatoms. The van der Waals surface area contributed by atoms with E-state index in [0.29, 0.717) is 22.4 Å². The number of H-pyrrole nitrogens is 1. The van der Waals surface area contributed by atoms with Gasteiger partial charge in [-0.15, -0.1) is 15.3 Å². The van der Waals surface area contributed by atoms with Gasteiger partial charge in [0.15, 0.2) is 0 Å². The maximum atomic E-state index is 10.4. The molecule has 0 amide bonds. The molecular weight excluding hydrogens is 368 g/mol. The summed E-state index contributed by atoms with van der Waals surface area (Å²) >= 11 is 0. The van der Waals surface area contributed by atoms with Crippen molar-refractivity contribution in [3.63, 3.8) is 0 Å². The largest absolute Gasteiger partial charge is 0.507 e. The molecule has 1 aliphatic heterocycles. The number of phenolic OH excluding ortho intramolecular Hbond substituents is 1. The molecule has 1 fully saturated rings. The number of nitrogens with one attached hydrogen (secondary N) is 2. The fourth-order valence-electron chi connectivity index (χ4n) is 4.75. The van der Waals surface area contributed by atoms with Crippen LogP contribution in [0.4, 0.5) is 0 Å². The first-order chi connectivity index (χ1) is 13.7. The van der Waals surface area contributed by atoms with Crippen LogP contribution in [0.3, 0.4) is 0 Å². The zero-order valence-corrected chi connectivity index (χ0v) is 16.9. The van der Waals surface area contributed by atoms with E-state index in [1.54, 1.807) is 12.3 Å². The molecule has 1 aromatic carbocycles. The van der Waals surface area contributed by atoms with E-state index in [-0.39, 0.29) is 22.9 Å². The molecule has 0 saturated carbocycles. The molecule has 0 bridgehead atoms. The van der Waals surface area contributed by atoms with Crippen molar-refractivity contribution in [1.82, 2.24) is 40.7 Å². The summed E-state index contributed by atoms with van der Waals surface area (Å²) in [7, 11) is 0. The molecule has 5 rings (SSSR count). The highest BCUT2D eigenvalue weighted by atomic mass is 16.3. The molecular formula is C20H24N8O. The molecule has 0 radical (unpaired) electrons. The van der Waals surface area contributed by atoms with Crippen LogP contribution in [0.5, 0.6) is 5.75 Å². The Balaban J connectivity index is 1.55. The zero-order valence-electron chi connectivity index (χ0n) is 16.9. The van der Waals surface area contributed by atoms with E-state index in [1.807, 2.05) is 16.8 Å². The van der Waals surface area contributed by atoms with E-state index in [4.69, 9.17) is 0 Å². The summed E-state index contributed by atoms with van der Waals surface area (Å²) in [6.45, 7) is 8.83. The molecule has 0 atom stereocenters. The van der Waals surface area contributed by atoms with Gasteiger partial charge in [-0.25, -0.2) is 4.68 Å². The number of benzene rings is 1. The first-order valence-corrected chi connectivity index (χ1v) is 9.75. The summed E-state index contributed by atoms with van der Waals surface area (Å²) in [5, 5.41) is 39.4. The SMILES string of the molecule is CC1(C)CC(n2nnc3cc(-c4cc5cn[nH]c5cc4O)nnc32)CC(C)(C)N1. The van der Waals surface area contributed by atoms with Crippen molar-refractivity contribution in [2.24, 2.45) is 0 Å². The van der Waals surface area contributed by atoms with E-state index in [1.165, 1.54) is 0 Å². The summed E-state index contributed by atoms with van der Waals surface area (Å²) in [6.07, 6.45) is 3.56. The first kappa shape index (κ1) is 18.0. The maximum absolute atomic E-state index is 10.4. The number of hydrogen-bond donors (Lipinski definition) is 3. The first-order valence-electron chi connectivity index (χ1n) is 9.75. The third-order valence-electron chi connectivity index (χ3n) is 5.57. The van der Waals surface area contributed by atoms with E-state index in [2.05, 4.69) is 63.7 Å². The highest BCUT2D eigenvalue weighted by Crippen LogP contribution is 2.37. The molecule has 0 spiro atoms. The number of aromatic hydroxyl groups is 1. The lowest BCUT2D eigenvalue weighted by atomic mass is 9.80. The molecule has 9 nitrogen and oxygen atoms in total. The van der Waals surface area contributed by atoms with Crippen LogP contribution in [0, 0.1) is 0 Å². The number of rotatable bonds is 2. The van der Waals surface area contributed by atoms with Crippen LogP contribution < -0.4 is 5.32 Å². The van der Waals surface area contributed by atoms with Gasteiger partial charge in [0.2, 0.25) is 5.65 Å². The Labute approximate surface area is 167 Å². The summed E-state index contributed by atoms with van der Waals surface area (Å²) in [6, 6.07) is 5.48. The van der Waals surface area contributed by atoms with Crippen molar-refractivity contribution in [1.29, 1.82) is 0 Å². The Hall–Kier alpha value is -3.07. The topological polar surface area (TPSA) is 117 Å². The van der Waals surface area contributed by atoms with E-state index >= 15 is 0 Å². The van der Waals surface area contributed by atoms with Gasteiger partial charge < -0.3 is 10.4 Å². The smallest absolute Gasteiger partial charge is 0.201 e. The fraction of sp³-hybridized carbons (Fsp3) is 0.450. The Morgan fingerprint density at radius 2 is 1.79 bits per heavy atom. The van der Waals surface area contributed by atoms with Gasteiger partial charge in [-0.2, -0.15) is 5.10 Å². The Morgan fingerprint density at radius 3 is 2.55 bits per heavy atom. The Kier molecular flexibility index (Phi) is 3.70. The van der Waals surface area contributed by atoms with Crippen LogP contribution in [-0.2, 0) is 0 Å². The average molecular weight is 392 g/mol. The van der Waals surface area contributed by atoms with E-state index in [0.717, 1.165) is 23.7 Å². The molecule has 4 aromatic rings. The summed E-state index contributed by atoms with van der Waals surface area (Å²) < 4.78 is 1.90. The van der Waals surface area contributed by atoms with Gasteiger partial charge in [-0.1, -0.05) is 5.21 Å². The molecule has 3 N–H and O–H groups in total. The number of piperidine rings is 1. The van der Waals surface area contributed by atoms with Gasteiger partial charge >= 0.3 is 0 Å². The highest BCUT2D eigenvalue weighted by molar-refractivity contribution is 5.88. The van der Waals surface area contributed by atoms with Crippen molar-refractivity contribution in [3.05, 3.63) is 24.4 Å². The average Bonchev–Trinajstić information content (AvgIpc) is 3.23. The molecule has 150 valence electrons. The fourth-order valence-corrected chi connectivity index (χ4v) is 4.75. The van der Waals surface area contributed by atoms with Gasteiger partial charge in [0.05, 0.1) is 23.4 Å². The predicted molar refractivity (Wildman–Crippen MR) is 109 cm³/mol. The van der Waals surface area contributed by atoms with Crippen molar-refractivity contribution in [3.8, 4) is 17.0 Å². The number of hydrogen-bond acceptors (Lipinski definition) is 7. The maximum Gasteiger partial charge on any atom is 0.201 e. The normalized spacial score (nSPS) is 19.2. The van der Waals surface area contributed by atoms with Gasteiger partial charge in [-0.3, -0.25) is 5.10 Å². The quantitative estimate of drug-likeness (QED) is 0.480. The number of phenols is 1. The number of aromatic nitrogens is 7. The third kappa shape index (κ3) is 3.11. The van der Waals surface area contributed by atoms with Gasteiger partial charge in [-0.05, 0) is 52.7 Å². The zero-order chi connectivity index (χ0) is 20.4. The molecule has 1 aliphatic rings. The number of aromatic amines is 1. The van der Waals surface area contributed by atoms with Crippen molar-refractivity contribution in [2.45, 2.75) is 57.7 Å². The Bertz CT molecular complexity index is 1210. The predicted octanol–water partition coefficient (Wildman–Crippen LogP) is 2.95. The standard InChI is InChI=1S/C20H24N8O/c1-19(2)8-12(9-20(3,4)26-19)28-18-16(24-27-28)6-15(23-25-18)13-5-11-10-21-22-14(11)7-17(13)29/h5-7,10,12,26,29H,8-9H2,1-4H3,(H,21,22). The molecule has 0 unspecified atom stereocenters. The van der Waals surface area contributed by atoms with E-state index < -0.39 is 0 Å². The number of fused-ring (bicyclic) bond motifs is 2. The minimum absolute atomic E-state index is 0.0101. The minimum atomic E-state index is -0.0101. The highest BCUT2D eigenvalue weighted by Gasteiger charge is 2.39. The van der Waals surface area contributed by atoms with Crippen LogP contribution in [0.15, 0.2) is 24.4 Å². The van der Waals surface area contributed by atoms with Crippen LogP contribution in [0.1, 0.15) is 46.6 Å². The molecule has 29 heavy (non-hydrogen) atoms. The lowest BCUT2D eigenvalue weighted by Gasteiger charge is -2.46.